The van der Waals surface area contributed by atoms with E-state index in [4.69, 9.17) is 14.2 Å². The van der Waals surface area contributed by atoms with Crippen molar-refractivity contribution in [3.63, 3.8) is 0 Å². The Morgan fingerprint density at radius 2 is 1.55 bits per heavy atom. The molecule has 0 aliphatic carbocycles. The van der Waals surface area contributed by atoms with Crippen molar-refractivity contribution in [3.8, 4) is 11.3 Å². The van der Waals surface area contributed by atoms with Gasteiger partial charge in [0.15, 0.2) is 0 Å². The van der Waals surface area contributed by atoms with E-state index in [1.165, 1.54) is 11.7 Å². The SMILES string of the molecule is COC(=O)c1cccc2c1c(CO)c(-c1ccc(C3CCCN3C(=O)OC(C)(C)C)cc1)n2C(=O)OC(C)(C)C. The van der Waals surface area contributed by atoms with Crippen molar-refractivity contribution in [2.45, 2.75) is 78.2 Å². The molecule has 0 spiro atoms. The van der Waals surface area contributed by atoms with Crippen LogP contribution in [0.3, 0.4) is 0 Å². The standard InChI is InChI=1S/C31H38N2O7/c1-30(2,3)39-28(36)32-17-9-12-23(32)19-13-15-20(16-14-19)26-22(18-34)25-21(27(35)38-7)10-8-11-24(25)33(26)29(37)40-31(4,5)6/h8,10-11,13-16,23,34H,9,12,17-18H2,1-7H3. The van der Waals surface area contributed by atoms with Gasteiger partial charge in [0.25, 0.3) is 0 Å². The number of carbonyl (C=O) groups is 3. The molecule has 9 nitrogen and oxygen atoms in total. The number of methoxy groups -OCH3 is 1. The highest BCUT2D eigenvalue weighted by molar-refractivity contribution is 6.10. The number of likely N-dealkylation sites (tertiary alicyclic amines) is 1. The van der Waals surface area contributed by atoms with Crippen molar-refractivity contribution >= 4 is 29.1 Å². The van der Waals surface area contributed by atoms with Crippen molar-refractivity contribution in [1.29, 1.82) is 0 Å². The van der Waals surface area contributed by atoms with Gasteiger partial charge in [0.05, 0.1) is 36.5 Å². The quantitative estimate of drug-likeness (QED) is 0.294. The van der Waals surface area contributed by atoms with Crippen molar-refractivity contribution in [2.24, 2.45) is 0 Å². The number of fused-ring (bicyclic) bond motifs is 1. The van der Waals surface area contributed by atoms with Crippen LogP contribution in [0.25, 0.3) is 22.2 Å². The summed E-state index contributed by atoms with van der Waals surface area (Å²) >= 11 is 0. The van der Waals surface area contributed by atoms with E-state index in [-0.39, 0.29) is 17.7 Å². The van der Waals surface area contributed by atoms with Crippen LogP contribution in [0.4, 0.5) is 9.59 Å². The Morgan fingerprint density at radius 1 is 0.925 bits per heavy atom. The molecule has 4 rings (SSSR count). The van der Waals surface area contributed by atoms with E-state index in [0.717, 1.165) is 18.4 Å². The molecule has 1 fully saturated rings. The molecule has 1 saturated heterocycles. The number of amides is 1. The number of ether oxygens (including phenoxy) is 3. The molecule has 1 amide bonds. The Hall–Kier alpha value is -3.85. The molecule has 1 aliphatic rings. The minimum absolute atomic E-state index is 0.135. The maximum Gasteiger partial charge on any atom is 0.419 e. The monoisotopic (exact) mass is 550 g/mol. The summed E-state index contributed by atoms with van der Waals surface area (Å²) in [6.07, 6.45) is 0.692. The van der Waals surface area contributed by atoms with E-state index < -0.39 is 29.9 Å². The number of aliphatic hydroxyl groups is 1. The molecule has 1 unspecified atom stereocenters. The summed E-state index contributed by atoms with van der Waals surface area (Å²) in [6, 6.07) is 12.4. The number of carbonyl (C=O) groups excluding carboxylic acids is 3. The number of aromatic nitrogens is 1. The van der Waals surface area contributed by atoms with E-state index in [0.29, 0.717) is 34.3 Å². The Labute approximate surface area is 234 Å². The first-order valence-corrected chi connectivity index (χ1v) is 13.4. The zero-order valence-corrected chi connectivity index (χ0v) is 24.2. The number of hydrogen-bond acceptors (Lipinski definition) is 7. The third-order valence-electron chi connectivity index (χ3n) is 6.68. The van der Waals surface area contributed by atoms with Crippen LogP contribution in [0.5, 0.6) is 0 Å². The molecule has 1 aliphatic heterocycles. The summed E-state index contributed by atoms with van der Waals surface area (Å²) in [5, 5.41) is 10.9. The maximum atomic E-state index is 13.5. The fourth-order valence-corrected chi connectivity index (χ4v) is 5.17. The first-order valence-electron chi connectivity index (χ1n) is 13.4. The fraction of sp³-hybridized carbons (Fsp3) is 0.452. The van der Waals surface area contributed by atoms with Crippen LogP contribution >= 0.6 is 0 Å². The third-order valence-corrected chi connectivity index (χ3v) is 6.68. The maximum absolute atomic E-state index is 13.5. The van der Waals surface area contributed by atoms with Gasteiger partial charge in [-0.1, -0.05) is 30.3 Å². The van der Waals surface area contributed by atoms with Crippen molar-refractivity contribution < 1.29 is 33.7 Å². The van der Waals surface area contributed by atoms with Gasteiger partial charge in [-0.25, -0.2) is 19.0 Å². The van der Waals surface area contributed by atoms with Gasteiger partial charge in [0, 0.05) is 17.5 Å². The second-order valence-electron chi connectivity index (χ2n) is 11.9. The second kappa shape index (κ2) is 11.0. The van der Waals surface area contributed by atoms with E-state index in [9.17, 15) is 19.5 Å². The predicted octanol–water partition coefficient (Wildman–Crippen LogP) is 6.44. The lowest BCUT2D eigenvalue weighted by atomic mass is 9.99. The predicted molar refractivity (Wildman–Crippen MR) is 151 cm³/mol. The molecular weight excluding hydrogens is 512 g/mol. The molecular formula is C31H38N2O7. The second-order valence-corrected chi connectivity index (χ2v) is 11.9. The lowest BCUT2D eigenvalue weighted by molar-refractivity contribution is 0.0224. The number of benzene rings is 2. The van der Waals surface area contributed by atoms with Crippen LogP contribution in [0.1, 0.15) is 81.9 Å². The number of esters is 1. The summed E-state index contributed by atoms with van der Waals surface area (Å²) in [5.41, 5.74) is 1.71. The van der Waals surface area contributed by atoms with Crippen molar-refractivity contribution in [3.05, 3.63) is 59.2 Å². The molecule has 214 valence electrons. The summed E-state index contributed by atoms with van der Waals surface area (Å²) in [5.74, 6) is -0.577. The molecule has 0 bridgehead atoms. The van der Waals surface area contributed by atoms with Crippen LogP contribution in [-0.2, 0) is 20.8 Å². The summed E-state index contributed by atoms with van der Waals surface area (Å²) in [6.45, 7) is 11.0. The molecule has 0 radical (unpaired) electrons. The van der Waals surface area contributed by atoms with Gasteiger partial charge >= 0.3 is 18.2 Å². The van der Waals surface area contributed by atoms with Crippen molar-refractivity contribution in [1.82, 2.24) is 9.47 Å². The molecule has 2 heterocycles. The Morgan fingerprint density at radius 3 is 2.12 bits per heavy atom. The number of hydrogen-bond donors (Lipinski definition) is 1. The average Bonchev–Trinajstić information content (AvgIpc) is 3.49. The van der Waals surface area contributed by atoms with Gasteiger partial charge in [-0.05, 0) is 77.6 Å². The van der Waals surface area contributed by atoms with Gasteiger partial charge in [-0.2, -0.15) is 0 Å². The van der Waals surface area contributed by atoms with E-state index >= 15 is 0 Å². The van der Waals surface area contributed by atoms with Crippen LogP contribution in [0, 0.1) is 0 Å². The van der Waals surface area contributed by atoms with Crippen LogP contribution in [0.15, 0.2) is 42.5 Å². The Kier molecular flexibility index (Phi) is 7.99. The molecule has 9 heteroatoms. The van der Waals surface area contributed by atoms with E-state index in [1.54, 1.807) is 43.9 Å². The number of rotatable bonds is 4. The van der Waals surface area contributed by atoms with Gasteiger partial charge in [-0.15, -0.1) is 0 Å². The van der Waals surface area contributed by atoms with Crippen LogP contribution < -0.4 is 0 Å². The van der Waals surface area contributed by atoms with Crippen molar-refractivity contribution in [2.75, 3.05) is 13.7 Å². The van der Waals surface area contributed by atoms with Crippen LogP contribution in [-0.4, -0.2) is 57.6 Å². The van der Waals surface area contributed by atoms with E-state index in [1.807, 2.05) is 45.0 Å². The lowest BCUT2D eigenvalue weighted by Gasteiger charge is -2.29. The fourth-order valence-electron chi connectivity index (χ4n) is 5.17. The first-order chi connectivity index (χ1) is 18.8. The minimum atomic E-state index is -0.776. The average molecular weight is 551 g/mol. The Balaban J connectivity index is 1.83. The van der Waals surface area contributed by atoms with Gasteiger partial charge < -0.3 is 24.2 Å². The molecule has 2 aromatic carbocycles. The molecule has 1 atom stereocenters. The smallest absolute Gasteiger partial charge is 0.419 e. The normalized spacial score (nSPS) is 15.8. The highest BCUT2D eigenvalue weighted by Crippen LogP contribution is 2.39. The molecule has 40 heavy (non-hydrogen) atoms. The topological polar surface area (TPSA) is 107 Å². The minimum Gasteiger partial charge on any atom is -0.465 e. The van der Waals surface area contributed by atoms with E-state index in [2.05, 4.69) is 0 Å². The molecule has 3 aromatic rings. The highest BCUT2D eigenvalue weighted by Gasteiger charge is 2.34. The largest absolute Gasteiger partial charge is 0.465 e. The third kappa shape index (κ3) is 5.84. The number of nitrogens with zero attached hydrogens (tertiary/aromatic N) is 2. The first kappa shape index (κ1) is 29.1. The van der Waals surface area contributed by atoms with Gasteiger partial charge in [0.2, 0.25) is 0 Å². The lowest BCUT2D eigenvalue weighted by Crippen LogP contribution is -2.36. The summed E-state index contributed by atoms with van der Waals surface area (Å²) in [7, 11) is 1.29. The summed E-state index contributed by atoms with van der Waals surface area (Å²) in [4.78, 5) is 40.8. The molecule has 0 saturated carbocycles. The van der Waals surface area contributed by atoms with Crippen LogP contribution in [0.2, 0.25) is 0 Å². The Bertz CT molecular complexity index is 1430. The summed E-state index contributed by atoms with van der Waals surface area (Å²) < 4.78 is 17.7. The zero-order valence-electron chi connectivity index (χ0n) is 24.2. The highest BCUT2D eigenvalue weighted by atomic mass is 16.6. The number of aliphatic hydroxyl groups excluding tert-OH is 1. The molecule has 1 aromatic heterocycles. The zero-order chi connectivity index (χ0) is 29.4. The van der Waals surface area contributed by atoms with Gasteiger partial charge in [0.1, 0.15) is 11.2 Å². The van der Waals surface area contributed by atoms with Gasteiger partial charge in [-0.3, -0.25) is 0 Å². The molecule has 1 N–H and O–H groups in total.